The lowest BCUT2D eigenvalue weighted by Gasteiger charge is -2.36. The molecule has 0 amide bonds. The molecule has 0 aliphatic rings. The van der Waals surface area contributed by atoms with E-state index < -0.39 is 10.0 Å². The van der Waals surface area contributed by atoms with Crippen molar-refractivity contribution in [2.45, 2.75) is 45.2 Å². The number of benzene rings is 2. The summed E-state index contributed by atoms with van der Waals surface area (Å²) in [6.45, 7) is 8.50. The van der Waals surface area contributed by atoms with Gasteiger partial charge >= 0.3 is 0 Å². The van der Waals surface area contributed by atoms with E-state index in [2.05, 4.69) is 37.7 Å². The second-order valence-corrected chi connectivity index (χ2v) is 10.2. The summed E-state index contributed by atoms with van der Waals surface area (Å²) in [5.74, 6) is 1.11. The number of methoxy groups -OCH3 is 1. The number of rotatable bonds is 9. The molecule has 0 aliphatic carbocycles. The molecule has 0 saturated heterocycles. The smallest absolute Gasteiger partial charge is 0.243 e. The third kappa shape index (κ3) is 5.17. The van der Waals surface area contributed by atoms with Gasteiger partial charge in [-0.2, -0.15) is 4.31 Å². The highest BCUT2D eigenvalue weighted by Gasteiger charge is 2.35. The second-order valence-electron chi connectivity index (χ2n) is 8.36. The van der Waals surface area contributed by atoms with Crippen LogP contribution in [0.25, 0.3) is 11.1 Å². The number of imidazole rings is 1. The maximum Gasteiger partial charge on any atom is 0.243 e. The predicted molar refractivity (Wildman–Crippen MR) is 123 cm³/mol. The van der Waals surface area contributed by atoms with Crippen LogP contribution in [0.1, 0.15) is 33.4 Å². The number of H-pyrrole nitrogens is 1. The first-order valence-electron chi connectivity index (χ1n) is 10.5. The first-order valence-corrected chi connectivity index (χ1v) is 11.9. The molecule has 2 aromatic carbocycles. The maximum atomic E-state index is 13.7. The van der Waals surface area contributed by atoms with Gasteiger partial charge in [0.15, 0.2) is 0 Å². The number of sulfonamides is 1. The van der Waals surface area contributed by atoms with Crippen LogP contribution in [0.5, 0.6) is 5.75 Å². The van der Waals surface area contributed by atoms with Gasteiger partial charge in [0.05, 0.1) is 24.9 Å². The molecule has 0 unspecified atom stereocenters. The zero-order valence-electron chi connectivity index (χ0n) is 18.7. The van der Waals surface area contributed by atoms with E-state index in [-0.39, 0.29) is 29.3 Å². The topological polar surface area (TPSA) is 75.3 Å². The Labute approximate surface area is 185 Å². The van der Waals surface area contributed by atoms with Gasteiger partial charge in [0.2, 0.25) is 10.0 Å². The minimum atomic E-state index is -3.71. The molecular weight excluding hydrogens is 410 g/mol. The van der Waals surface area contributed by atoms with Crippen LogP contribution in [0.15, 0.2) is 66.0 Å². The van der Waals surface area contributed by atoms with Crippen LogP contribution >= 0.6 is 0 Å². The summed E-state index contributed by atoms with van der Waals surface area (Å²) in [5.41, 5.74) is 2.72. The molecule has 3 aromatic rings. The molecule has 3 rings (SSSR count). The van der Waals surface area contributed by atoms with Gasteiger partial charge < -0.3 is 9.72 Å². The lowest BCUT2D eigenvalue weighted by Crippen LogP contribution is -2.45. The quantitative estimate of drug-likeness (QED) is 0.509. The lowest BCUT2D eigenvalue weighted by molar-refractivity contribution is 0.195. The Morgan fingerprint density at radius 1 is 0.935 bits per heavy atom. The molecule has 0 aliphatic heterocycles. The average Bonchev–Trinajstić information content (AvgIpc) is 3.26. The van der Waals surface area contributed by atoms with Crippen LogP contribution in [0.4, 0.5) is 0 Å². The minimum absolute atomic E-state index is 0.144. The van der Waals surface area contributed by atoms with Crippen molar-refractivity contribution in [3.63, 3.8) is 0 Å². The summed E-state index contributed by atoms with van der Waals surface area (Å²) in [6, 6.07) is 14.6. The molecule has 166 valence electrons. The van der Waals surface area contributed by atoms with Gasteiger partial charge in [-0.1, -0.05) is 52.0 Å². The zero-order chi connectivity index (χ0) is 22.6. The van der Waals surface area contributed by atoms with Crippen molar-refractivity contribution >= 4 is 10.0 Å². The molecule has 1 N–H and O–H groups in total. The molecule has 0 spiro atoms. The predicted octanol–water partition coefficient (Wildman–Crippen LogP) is 4.96. The number of nitrogens with zero attached hydrogens (tertiary/aromatic N) is 2. The molecule has 0 atom stereocenters. The number of aromatic amines is 1. The normalized spacial score (nSPS) is 12.3. The molecule has 1 heterocycles. The van der Waals surface area contributed by atoms with Gasteiger partial charge in [-0.3, -0.25) is 0 Å². The molecule has 0 fully saturated rings. The second kappa shape index (κ2) is 9.66. The Bertz CT molecular complexity index is 1050. The van der Waals surface area contributed by atoms with E-state index in [4.69, 9.17) is 4.74 Å². The molecule has 0 saturated carbocycles. The van der Waals surface area contributed by atoms with Crippen molar-refractivity contribution < 1.29 is 13.2 Å². The van der Waals surface area contributed by atoms with Gasteiger partial charge in [0.1, 0.15) is 5.75 Å². The van der Waals surface area contributed by atoms with Gasteiger partial charge in [0, 0.05) is 17.9 Å². The van der Waals surface area contributed by atoms with E-state index in [0.29, 0.717) is 0 Å². The van der Waals surface area contributed by atoms with E-state index in [1.165, 1.54) is 0 Å². The number of hydrogen-bond acceptors (Lipinski definition) is 4. The Morgan fingerprint density at radius 2 is 1.48 bits per heavy atom. The Hall–Kier alpha value is -2.64. The standard InChI is InChI=1S/C24H31N3O3S/c1-17(2)24(18(3)4)27(15-21-14-25-16-26-21)31(28,29)23-12-8-20(9-13-23)19-6-10-22(30-5)11-7-19/h6-14,16-18,24H,15H2,1-5H3,(H,25,26). The Morgan fingerprint density at radius 3 is 1.94 bits per heavy atom. The largest absolute Gasteiger partial charge is 0.497 e. The van der Waals surface area contributed by atoms with Gasteiger partial charge in [-0.05, 0) is 47.2 Å². The van der Waals surface area contributed by atoms with Gasteiger partial charge in [-0.15, -0.1) is 0 Å². The molecule has 0 bridgehead atoms. The first-order chi connectivity index (χ1) is 14.7. The number of ether oxygens (including phenoxy) is 1. The number of nitrogens with one attached hydrogen (secondary N) is 1. The highest BCUT2D eigenvalue weighted by Crippen LogP contribution is 2.30. The number of aromatic nitrogens is 2. The Kier molecular flexibility index (Phi) is 7.18. The van der Waals surface area contributed by atoms with Crippen LogP contribution in [0.2, 0.25) is 0 Å². The summed E-state index contributed by atoms with van der Waals surface area (Å²) < 4.78 is 34.2. The van der Waals surface area contributed by atoms with Crippen LogP contribution in [0.3, 0.4) is 0 Å². The van der Waals surface area contributed by atoms with E-state index in [1.807, 2.05) is 36.4 Å². The molecule has 1 aromatic heterocycles. The van der Waals surface area contributed by atoms with Crippen LogP contribution < -0.4 is 4.74 Å². The SMILES string of the molecule is COc1ccc(-c2ccc(S(=O)(=O)N(Cc3cnc[nH]3)C(C(C)C)C(C)C)cc2)cc1. The average molecular weight is 442 g/mol. The van der Waals surface area contributed by atoms with Crippen molar-refractivity contribution in [2.24, 2.45) is 11.8 Å². The third-order valence-corrected chi connectivity index (χ3v) is 7.32. The summed E-state index contributed by atoms with van der Waals surface area (Å²) >= 11 is 0. The van der Waals surface area contributed by atoms with Crippen molar-refractivity contribution in [1.82, 2.24) is 14.3 Å². The summed E-state index contributed by atoms with van der Waals surface area (Å²) in [4.78, 5) is 7.37. The van der Waals surface area contributed by atoms with Crippen molar-refractivity contribution in [3.05, 3.63) is 66.7 Å². The minimum Gasteiger partial charge on any atom is -0.497 e. The summed E-state index contributed by atoms with van der Waals surface area (Å²) in [7, 11) is -2.08. The number of hydrogen-bond donors (Lipinski definition) is 1. The fraction of sp³-hybridized carbons (Fsp3) is 0.375. The maximum absolute atomic E-state index is 13.7. The third-order valence-electron chi connectivity index (χ3n) is 5.46. The fourth-order valence-corrected chi connectivity index (χ4v) is 5.93. The van der Waals surface area contributed by atoms with E-state index in [0.717, 1.165) is 22.6 Å². The highest BCUT2D eigenvalue weighted by atomic mass is 32.2. The lowest BCUT2D eigenvalue weighted by atomic mass is 9.93. The van der Waals surface area contributed by atoms with Crippen molar-refractivity contribution in [2.75, 3.05) is 7.11 Å². The zero-order valence-corrected chi connectivity index (χ0v) is 19.6. The van der Waals surface area contributed by atoms with Gasteiger partial charge in [0.25, 0.3) is 0 Å². The van der Waals surface area contributed by atoms with E-state index >= 15 is 0 Å². The summed E-state index contributed by atoms with van der Waals surface area (Å²) in [5, 5.41) is 0. The van der Waals surface area contributed by atoms with E-state index in [1.54, 1.807) is 36.1 Å². The summed E-state index contributed by atoms with van der Waals surface area (Å²) in [6.07, 6.45) is 3.25. The molecule has 7 heteroatoms. The molecular formula is C24H31N3O3S. The molecule has 6 nitrogen and oxygen atoms in total. The highest BCUT2D eigenvalue weighted by molar-refractivity contribution is 7.89. The van der Waals surface area contributed by atoms with Crippen molar-refractivity contribution in [1.29, 1.82) is 0 Å². The Balaban J connectivity index is 1.96. The first kappa shape index (κ1) is 23.0. The van der Waals surface area contributed by atoms with Gasteiger partial charge in [-0.25, -0.2) is 13.4 Å². The van der Waals surface area contributed by atoms with Crippen LogP contribution in [-0.4, -0.2) is 35.8 Å². The molecule has 0 radical (unpaired) electrons. The van der Waals surface area contributed by atoms with Crippen LogP contribution in [0, 0.1) is 11.8 Å². The van der Waals surface area contributed by atoms with E-state index in [9.17, 15) is 8.42 Å². The van der Waals surface area contributed by atoms with Crippen molar-refractivity contribution in [3.8, 4) is 16.9 Å². The fourth-order valence-electron chi connectivity index (χ4n) is 4.06. The van der Waals surface area contributed by atoms with Crippen LogP contribution in [-0.2, 0) is 16.6 Å². The molecule has 31 heavy (non-hydrogen) atoms. The monoisotopic (exact) mass is 441 g/mol.